The van der Waals surface area contributed by atoms with Crippen molar-refractivity contribution in [3.8, 4) is 5.75 Å². The van der Waals surface area contributed by atoms with Crippen LogP contribution in [0.1, 0.15) is 31.4 Å². The summed E-state index contributed by atoms with van der Waals surface area (Å²) in [7, 11) is 0. The number of amides is 1. The number of rotatable bonds is 5. The summed E-state index contributed by atoms with van der Waals surface area (Å²) in [5.74, 6) is -2.55. The lowest BCUT2D eigenvalue weighted by Gasteiger charge is -2.37. The maximum Gasteiger partial charge on any atom is 0.225 e. The maximum absolute atomic E-state index is 13.8. The van der Waals surface area contributed by atoms with Crippen molar-refractivity contribution in [2.45, 2.75) is 38.3 Å². The minimum absolute atomic E-state index is 0.00214. The van der Waals surface area contributed by atoms with Crippen molar-refractivity contribution in [1.29, 1.82) is 0 Å². The number of hydrogen-bond donors (Lipinski definition) is 0. The van der Waals surface area contributed by atoms with Crippen LogP contribution in [-0.4, -0.2) is 48.0 Å². The van der Waals surface area contributed by atoms with E-state index in [-0.39, 0.29) is 11.8 Å². The van der Waals surface area contributed by atoms with Crippen LogP contribution in [-0.2, 0) is 11.3 Å². The SMILES string of the molecule is O=C(C1CCN(Cc2ccco2)CC1)N1CCC(Oc2c(F)cc(F)cc2F)CC1. The summed E-state index contributed by atoms with van der Waals surface area (Å²) < 4.78 is 51.4. The number of piperidine rings is 2. The molecule has 162 valence electrons. The number of ether oxygens (including phenoxy) is 1. The number of likely N-dealkylation sites (tertiary alicyclic amines) is 2. The molecule has 5 nitrogen and oxygen atoms in total. The van der Waals surface area contributed by atoms with E-state index >= 15 is 0 Å². The average molecular weight is 422 g/mol. The van der Waals surface area contributed by atoms with Gasteiger partial charge < -0.3 is 14.1 Å². The Labute approximate surface area is 173 Å². The molecule has 0 atom stereocenters. The number of benzene rings is 1. The molecule has 0 bridgehead atoms. The normalized spacial score (nSPS) is 19.2. The van der Waals surface area contributed by atoms with E-state index < -0.39 is 29.3 Å². The van der Waals surface area contributed by atoms with Gasteiger partial charge in [0.1, 0.15) is 17.7 Å². The predicted molar refractivity (Wildman–Crippen MR) is 103 cm³/mol. The van der Waals surface area contributed by atoms with Crippen LogP contribution in [0.15, 0.2) is 34.9 Å². The molecule has 2 aliphatic heterocycles. The zero-order valence-electron chi connectivity index (χ0n) is 16.7. The number of carbonyl (C=O) groups is 1. The van der Waals surface area contributed by atoms with Crippen LogP contribution in [0.3, 0.4) is 0 Å². The van der Waals surface area contributed by atoms with E-state index in [0.717, 1.165) is 38.2 Å². The highest BCUT2D eigenvalue weighted by atomic mass is 19.1. The minimum atomic E-state index is -1.05. The lowest BCUT2D eigenvalue weighted by atomic mass is 9.94. The summed E-state index contributed by atoms with van der Waals surface area (Å²) in [5.41, 5.74) is 0. The number of halogens is 3. The Hall–Kier alpha value is -2.48. The van der Waals surface area contributed by atoms with Crippen LogP contribution in [0.4, 0.5) is 13.2 Å². The van der Waals surface area contributed by atoms with Gasteiger partial charge in [-0.1, -0.05) is 0 Å². The Bertz CT molecular complexity index is 836. The second kappa shape index (κ2) is 9.12. The summed E-state index contributed by atoms with van der Waals surface area (Å²) >= 11 is 0. The van der Waals surface area contributed by atoms with Crippen LogP contribution >= 0.6 is 0 Å². The Morgan fingerprint density at radius 1 is 1.03 bits per heavy atom. The summed E-state index contributed by atoms with van der Waals surface area (Å²) in [4.78, 5) is 17.0. The van der Waals surface area contributed by atoms with Crippen LogP contribution in [0.25, 0.3) is 0 Å². The Kier molecular flexibility index (Phi) is 6.32. The summed E-state index contributed by atoms with van der Waals surface area (Å²) in [6, 6.07) is 5.04. The topological polar surface area (TPSA) is 45.9 Å². The molecule has 0 aliphatic carbocycles. The monoisotopic (exact) mass is 422 g/mol. The van der Waals surface area contributed by atoms with Crippen molar-refractivity contribution in [1.82, 2.24) is 9.80 Å². The van der Waals surface area contributed by atoms with Gasteiger partial charge in [0.15, 0.2) is 17.4 Å². The molecule has 1 amide bonds. The second-order valence-corrected chi connectivity index (χ2v) is 7.97. The standard InChI is InChI=1S/C22H25F3N2O3/c23-16-12-19(24)21(20(25)13-16)30-17-5-9-27(10-6-17)22(28)15-3-7-26(8-4-15)14-18-2-1-11-29-18/h1-2,11-13,15,17H,3-10,14H2. The van der Waals surface area contributed by atoms with Gasteiger partial charge in [0.25, 0.3) is 0 Å². The third-order valence-electron chi connectivity index (χ3n) is 5.90. The summed E-state index contributed by atoms with van der Waals surface area (Å²) in [5, 5.41) is 0. The Morgan fingerprint density at radius 3 is 2.30 bits per heavy atom. The summed E-state index contributed by atoms with van der Waals surface area (Å²) in [6.45, 7) is 3.42. The number of furan rings is 1. The molecule has 0 unspecified atom stereocenters. The number of nitrogens with zero attached hydrogens (tertiary/aromatic N) is 2. The zero-order valence-corrected chi connectivity index (χ0v) is 16.7. The third-order valence-corrected chi connectivity index (χ3v) is 5.90. The van der Waals surface area contributed by atoms with Crippen LogP contribution in [0.5, 0.6) is 5.75 Å². The fourth-order valence-corrected chi connectivity index (χ4v) is 4.22. The fraction of sp³-hybridized carbons (Fsp3) is 0.500. The number of hydrogen-bond acceptors (Lipinski definition) is 4. The van der Waals surface area contributed by atoms with E-state index in [1.54, 1.807) is 6.26 Å². The van der Waals surface area contributed by atoms with E-state index in [0.29, 0.717) is 38.1 Å². The van der Waals surface area contributed by atoms with Crippen molar-refractivity contribution in [3.05, 3.63) is 53.7 Å². The van der Waals surface area contributed by atoms with E-state index in [4.69, 9.17) is 9.15 Å². The highest BCUT2D eigenvalue weighted by Crippen LogP contribution is 2.28. The van der Waals surface area contributed by atoms with Crippen LogP contribution in [0.2, 0.25) is 0 Å². The first kappa shape index (κ1) is 20.8. The molecule has 1 aromatic heterocycles. The predicted octanol–water partition coefficient (Wildman–Crippen LogP) is 3.98. The first-order chi connectivity index (χ1) is 14.5. The van der Waals surface area contributed by atoms with Gasteiger partial charge in [0.05, 0.1) is 12.8 Å². The highest BCUT2D eigenvalue weighted by molar-refractivity contribution is 5.79. The van der Waals surface area contributed by atoms with Crippen molar-refractivity contribution < 1.29 is 27.1 Å². The van der Waals surface area contributed by atoms with Gasteiger partial charge in [-0.2, -0.15) is 0 Å². The molecular weight excluding hydrogens is 397 g/mol. The fourth-order valence-electron chi connectivity index (χ4n) is 4.22. The number of carbonyl (C=O) groups excluding carboxylic acids is 1. The first-order valence-corrected chi connectivity index (χ1v) is 10.3. The molecule has 1 aromatic carbocycles. The van der Waals surface area contributed by atoms with Crippen LogP contribution in [0, 0.1) is 23.4 Å². The molecule has 3 heterocycles. The zero-order chi connectivity index (χ0) is 21.1. The molecule has 4 rings (SSSR count). The van der Waals surface area contributed by atoms with Gasteiger partial charge in [0.2, 0.25) is 5.91 Å². The van der Waals surface area contributed by atoms with Gasteiger partial charge in [0, 0.05) is 44.0 Å². The van der Waals surface area contributed by atoms with Gasteiger partial charge in [-0.05, 0) is 38.1 Å². The molecule has 0 spiro atoms. The Balaban J connectivity index is 1.24. The minimum Gasteiger partial charge on any atom is -0.484 e. The van der Waals surface area contributed by atoms with E-state index in [9.17, 15) is 18.0 Å². The van der Waals surface area contributed by atoms with Gasteiger partial charge in [-0.3, -0.25) is 9.69 Å². The van der Waals surface area contributed by atoms with Gasteiger partial charge >= 0.3 is 0 Å². The third kappa shape index (κ3) is 4.80. The van der Waals surface area contributed by atoms with Crippen molar-refractivity contribution in [2.75, 3.05) is 26.2 Å². The Morgan fingerprint density at radius 2 is 1.70 bits per heavy atom. The van der Waals surface area contributed by atoms with Gasteiger partial charge in [-0.25, -0.2) is 13.2 Å². The van der Waals surface area contributed by atoms with Crippen molar-refractivity contribution >= 4 is 5.91 Å². The second-order valence-electron chi connectivity index (χ2n) is 7.97. The molecule has 8 heteroatoms. The smallest absolute Gasteiger partial charge is 0.225 e. The van der Waals surface area contributed by atoms with E-state index in [1.807, 2.05) is 17.0 Å². The quantitative estimate of drug-likeness (QED) is 0.731. The van der Waals surface area contributed by atoms with Crippen LogP contribution < -0.4 is 4.74 Å². The molecule has 0 radical (unpaired) electrons. The molecule has 0 N–H and O–H groups in total. The summed E-state index contributed by atoms with van der Waals surface area (Å²) in [6.07, 6.45) is 3.85. The molecule has 30 heavy (non-hydrogen) atoms. The molecule has 0 saturated carbocycles. The molecule has 2 saturated heterocycles. The average Bonchev–Trinajstić information content (AvgIpc) is 3.24. The molecular formula is C22H25F3N2O3. The van der Waals surface area contributed by atoms with E-state index in [1.165, 1.54) is 0 Å². The van der Waals surface area contributed by atoms with E-state index in [2.05, 4.69) is 4.90 Å². The first-order valence-electron chi connectivity index (χ1n) is 10.3. The molecule has 2 fully saturated rings. The largest absolute Gasteiger partial charge is 0.484 e. The highest BCUT2D eigenvalue weighted by Gasteiger charge is 2.32. The van der Waals surface area contributed by atoms with Crippen molar-refractivity contribution in [2.24, 2.45) is 5.92 Å². The maximum atomic E-state index is 13.8. The molecule has 2 aliphatic rings. The van der Waals surface area contributed by atoms with Gasteiger partial charge in [-0.15, -0.1) is 0 Å². The van der Waals surface area contributed by atoms with Crippen molar-refractivity contribution in [3.63, 3.8) is 0 Å². The molecule has 2 aromatic rings. The lowest BCUT2D eigenvalue weighted by molar-refractivity contribution is -0.139. The lowest BCUT2D eigenvalue weighted by Crippen LogP contribution is -2.47.